The van der Waals surface area contributed by atoms with Gasteiger partial charge >= 0.3 is 0 Å². The molecule has 154 valence electrons. The Hall–Kier alpha value is -2.93. The molecule has 1 amide bonds. The number of hydrogen-bond acceptors (Lipinski definition) is 5. The number of rotatable bonds is 9. The lowest BCUT2D eigenvalue weighted by molar-refractivity contribution is -0.116. The van der Waals surface area contributed by atoms with Gasteiger partial charge in [-0.15, -0.1) is 0 Å². The molecule has 0 saturated carbocycles. The minimum atomic E-state index is -0.0382. The van der Waals surface area contributed by atoms with Crippen molar-refractivity contribution in [3.63, 3.8) is 0 Å². The monoisotopic (exact) mass is 395 g/mol. The third kappa shape index (κ3) is 4.92. The van der Waals surface area contributed by atoms with E-state index in [0.717, 1.165) is 52.7 Å². The van der Waals surface area contributed by atoms with Gasteiger partial charge < -0.3 is 20.4 Å². The van der Waals surface area contributed by atoms with Crippen molar-refractivity contribution in [2.24, 2.45) is 0 Å². The number of imidazole rings is 1. The predicted molar refractivity (Wildman–Crippen MR) is 117 cm³/mol. The fraction of sp³-hybridized carbons (Fsp3) is 0.409. The fourth-order valence-corrected chi connectivity index (χ4v) is 3.45. The molecule has 1 aromatic carbocycles. The first kappa shape index (κ1) is 20.8. The van der Waals surface area contributed by atoms with Gasteiger partial charge in [0.1, 0.15) is 11.3 Å². The van der Waals surface area contributed by atoms with Crippen molar-refractivity contribution < 1.29 is 9.53 Å². The number of amides is 1. The first-order chi connectivity index (χ1) is 14.0. The number of aromatic nitrogens is 3. The number of nitrogens with zero attached hydrogens (tertiary/aromatic N) is 3. The number of carbonyl (C=O) groups excluding carboxylic acids is 1. The van der Waals surface area contributed by atoms with Crippen molar-refractivity contribution in [3.8, 4) is 0 Å². The first-order valence-corrected chi connectivity index (χ1v) is 9.96. The number of nitrogens with two attached hydrogens (primary N) is 1. The van der Waals surface area contributed by atoms with E-state index >= 15 is 0 Å². The SMILES string of the molecule is COCCc1nc2c(N)nc3ccccc3c2n1CCCCNC(=O)C=C(C)C. The number of aryl methyl sites for hydroxylation is 1. The van der Waals surface area contributed by atoms with Gasteiger partial charge in [-0.05, 0) is 32.8 Å². The van der Waals surface area contributed by atoms with Crippen LogP contribution in [0.1, 0.15) is 32.5 Å². The summed E-state index contributed by atoms with van der Waals surface area (Å²) >= 11 is 0. The molecule has 0 fully saturated rings. The van der Waals surface area contributed by atoms with Crippen LogP contribution in [0.2, 0.25) is 0 Å². The van der Waals surface area contributed by atoms with E-state index in [0.29, 0.717) is 25.4 Å². The zero-order chi connectivity index (χ0) is 20.8. The Morgan fingerprint density at radius 1 is 1.24 bits per heavy atom. The zero-order valence-electron chi connectivity index (χ0n) is 17.4. The number of nitrogens with one attached hydrogen (secondary N) is 1. The number of fused-ring (bicyclic) bond motifs is 3. The highest BCUT2D eigenvalue weighted by atomic mass is 16.5. The summed E-state index contributed by atoms with van der Waals surface area (Å²) in [6.45, 7) is 5.86. The number of methoxy groups -OCH3 is 1. The molecule has 0 aliphatic rings. The second kappa shape index (κ2) is 9.52. The molecule has 3 rings (SSSR count). The Morgan fingerprint density at radius 2 is 2.03 bits per heavy atom. The van der Waals surface area contributed by atoms with Crippen LogP contribution in [0.25, 0.3) is 21.9 Å². The maximum atomic E-state index is 11.7. The topological polar surface area (TPSA) is 95.1 Å². The lowest BCUT2D eigenvalue weighted by Gasteiger charge is -2.11. The standard InChI is InChI=1S/C22H29N5O2/c1-15(2)14-19(28)24-11-6-7-12-27-18(10-13-29-3)26-20-21(27)16-8-4-5-9-17(16)25-22(20)23/h4-5,8-9,14H,6-7,10-13H2,1-3H3,(H2,23,25)(H,24,28). The number of hydrogen-bond donors (Lipinski definition) is 2. The number of anilines is 1. The molecule has 0 spiro atoms. The largest absolute Gasteiger partial charge is 0.384 e. The molecule has 0 radical (unpaired) electrons. The van der Waals surface area contributed by atoms with E-state index in [1.54, 1.807) is 13.2 Å². The summed E-state index contributed by atoms with van der Waals surface area (Å²) < 4.78 is 7.49. The second-order valence-corrected chi connectivity index (χ2v) is 7.35. The van der Waals surface area contributed by atoms with Gasteiger partial charge in [-0.3, -0.25) is 4.79 Å². The van der Waals surface area contributed by atoms with Gasteiger partial charge in [-0.25, -0.2) is 9.97 Å². The molecule has 0 atom stereocenters. The van der Waals surface area contributed by atoms with Crippen LogP contribution in [0.15, 0.2) is 35.9 Å². The third-order valence-corrected chi connectivity index (χ3v) is 4.75. The predicted octanol–water partition coefficient (Wildman–Crippen LogP) is 3.22. The first-order valence-electron chi connectivity index (χ1n) is 9.96. The van der Waals surface area contributed by atoms with E-state index in [1.165, 1.54) is 0 Å². The highest BCUT2D eigenvalue weighted by Gasteiger charge is 2.16. The number of benzene rings is 1. The summed E-state index contributed by atoms with van der Waals surface area (Å²) in [6.07, 6.45) is 4.12. The Kier molecular flexibility index (Phi) is 6.82. The van der Waals surface area contributed by atoms with Crippen LogP contribution in [0.5, 0.6) is 0 Å². The number of ether oxygens (including phenoxy) is 1. The highest BCUT2D eigenvalue weighted by molar-refractivity contribution is 6.06. The number of nitrogen functional groups attached to an aromatic ring is 1. The average Bonchev–Trinajstić information content (AvgIpc) is 3.05. The van der Waals surface area contributed by atoms with Crippen molar-refractivity contribution in [1.29, 1.82) is 0 Å². The minimum Gasteiger partial charge on any atom is -0.384 e. The van der Waals surface area contributed by atoms with Gasteiger partial charge in [-0.2, -0.15) is 0 Å². The maximum Gasteiger partial charge on any atom is 0.243 e. The molecule has 0 aliphatic heterocycles. The second-order valence-electron chi connectivity index (χ2n) is 7.35. The average molecular weight is 396 g/mol. The minimum absolute atomic E-state index is 0.0382. The molecule has 3 aromatic rings. The lowest BCUT2D eigenvalue weighted by Crippen LogP contribution is -2.22. The van der Waals surface area contributed by atoms with Crippen molar-refractivity contribution in [1.82, 2.24) is 19.9 Å². The Morgan fingerprint density at radius 3 is 2.79 bits per heavy atom. The molecule has 0 unspecified atom stereocenters. The van der Waals surface area contributed by atoms with Crippen molar-refractivity contribution >= 4 is 33.7 Å². The molecule has 7 nitrogen and oxygen atoms in total. The molecule has 2 aromatic heterocycles. The third-order valence-electron chi connectivity index (χ3n) is 4.75. The van der Waals surface area contributed by atoms with Gasteiger partial charge in [-0.1, -0.05) is 23.8 Å². The molecule has 2 heterocycles. The van der Waals surface area contributed by atoms with Crippen LogP contribution in [-0.4, -0.2) is 40.7 Å². The number of pyridine rings is 1. The number of allylic oxidation sites excluding steroid dienone is 1. The van der Waals surface area contributed by atoms with E-state index in [4.69, 9.17) is 15.5 Å². The smallest absolute Gasteiger partial charge is 0.243 e. The highest BCUT2D eigenvalue weighted by Crippen LogP contribution is 2.29. The quantitative estimate of drug-likeness (QED) is 0.428. The van der Waals surface area contributed by atoms with E-state index < -0.39 is 0 Å². The molecular weight excluding hydrogens is 366 g/mol. The van der Waals surface area contributed by atoms with Crippen LogP contribution in [-0.2, 0) is 22.5 Å². The number of unbranched alkanes of at least 4 members (excludes halogenated alkanes) is 1. The summed E-state index contributed by atoms with van der Waals surface area (Å²) in [7, 11) is 1.69. The van der Waals surface area contributed by atoms with Crippen LogP contribution >= 0.6 is 0 Å². The Labute approximate surface area is 171 Å². The molecule has 0 bridgehead atoms. The van der Waals surface area contributed by atoms with E-state index in [9.17, 15) is 4.79 Å². The van der Waals surface area contributed by atoms with Gasteiger partial charge in [0.05, 0.1) is 17.6 Å². The fourth-order valence-electron chi connectivity index (χ4n) is 3.45. The van der Waals surface area contributed by atoms with Crippen LogP contribution in [0.3, 0.4) is 0 Å². The zero-order valence-corrected chi connectivity index (χ0v) is 17.4. The van der Waals surface area contributed by atoms with Crippen LogP contribution < -0.4 is 11.1 Å². The summed E-state index contributed by atoms with van der Waals surface area (Å²) in [5.74, 6) is 1.36. The van der Waals surface area contributed by atoms with Crippen LogP contribution in [0.4, 0.5) is 5.82 Å². The summed E-state index contributed by atoms with van der Waals surface area (Å²) in [5, 5.41) is 3.97. The van der Waals surface area contributed by atoms with E-state index in [-0.39, 0.29) is 5.91 Å². The normalized spacial score (nSPS) is 11.1. The van der Waals surface area contributed by atoms with Crippen LogP contribution in [0, 0.1) is 0 Å². The van der Waals surface area contributed by atoms with Crippen molar-refractivity contribution in [2.75, 3.05) is 26.0 Å². The van der Waals surface area contributed by atoms with E-state index in [2.05, 4.69) is 20.9 Å². The summed E-state index contributed by atoms with van der Waals surface area (Å²) in [6, 6.07) is 7.99. The summed E-state index contributed by atoms with van der Waals surface area (Å²) in [4.78, 5) is 21.0. The lowest BCUT2D eigenvalue weighted by atomic mass is 10.2. The van der Waals surface area contributed by atoms with Gasteiger partial charge in [0.25, 0.3) is 0 Å². The Bertz CT molecular complexity index is 1030. The molecular formula is C22H29N5O2. The van der Waals surface area contributed by atoms with Gasteiger partial charge in [0.2, 0.25) is 5.91 Å². The van der Waals surface area contributed by atoms with Gasteiger partial charge in [0, 0.05) is 38.1 Å². The van der Waals surface area contributed by atoms with Crippen molar-refractivity contribution in [3.05, 3.63) is 41.7 Å². The molecule has 7 heteroatoms. The molecule has 0 saturated heterocycles. The van der Waals surface area contributed by atoms with Crippen molar-refractivity contribution in [2.45, 2.75) is 39.7 Å². The molecule has 3 N–H and O–H groups in total. The van der Waals surface area contributed by atoms with E-state index in [1.807, 2.05) is 32.0 Å². The molecule has 0 aliphatic carbocycles. The number of carbonyl (C=O) groups is 1. The number of para-hydroxylation sites is 1. The molecule has 29 heavy (non-hydrogen) atoms. The van der Waals surface area contributed by atoms with Gasteiger partial charge in [0.15, 0.2) is 5.82 Å². The maximum absolute atomic E-state index is 11.7. The Balaban J connectivity index is 1.83. The summed E-state index contributed by atoms with van der Waals surface area (Å²) in [5.41, 5.74) is 9.84.